The number of esters is 1. The van der Waals surface area contributed by atoms with E-state index in [4.69, 9.17) is 21.1 Å². The Morgan fingerprint density at radius 2 is 2.04 bits per heavy atom. The molecule has 1 atom stereocenters. The lowest BCUT2D eigenvalue weighted by Gasteiger charge is -2.14. The summed E-state index contributed by atoms with van der Waals surface area (Å²) in [6.07, 6.45) is 5.24. The van der Waals surface area contributed by atoms with Gasteiger partial charge < -0.3 is 14.0 Å². The molecule has 0 spiro atoms. The van der Waals surface area contributed by atoms with Crippen molar-refractivity contribution in [3.05, 3.63) is 63.9 Å². The fraction of sp³-hybridized carbons (Fsp3) is 0.364. The molecule has 1 aromatic heterocycles. The number of carbonyl (C=O) groups excluding carboxylic acids is 2. The van der Waals surface area contributed by atoms with Gasteiger partial charge in [0.25, 0.3) is 0 Å². The highest BCUT2D eigenvalue weighted by Crippen LogP contribution is 2.21. The first-order valence-electron chi connectivity index (χ1n) is 9.36. The van der Waals surface area contributed by atoms with Crippen molar-refractivity contribution >= 4 is 29.4 Å². The normalized spacial score (nSPS) is 16.6. The molecule has 2 heterocycles. The molecule has 1 aromatic carbocycles. The van der Waals surface area contributed by atoms with E-state index in [9.17, 15) is 9.59 Å². The standard InChI is InChI=1S/C22H24ClNO4/c1-15-12-20(16(2)24(15)13-19-4-3-11-27-19)21(25)14-28-22(26)10-7-17-5-8-18(23)9-6-17/h5-10,12,19H,3-4,11,13-14H2,1-2H3/b10-7+/t19-/m0/s1. The highest BCUT2D eigenvalue weighted by atomic mass is 35.5. The zero-order chi connectivity index (χ0) is 20.1. The summed E-state index contributed by atoms with van der Waals surface area (Å²) in [5, 5.41) is 0.627. The van der Waals surface area contributed by atoms with Gasteiger partial charge in [-0.25, -0.2) is 4.79 Å². The average molecular weight is 402 g/mol. The molecule has 3 rings (SSSR count). The predicted molar refractivity (Wildman–Crippen MR) is 109 cm³/mol. The van der Waals surface area contributed by atoms with Crippen LogP contribution in [0.1, 0.15) is 40.2 Å². The lowest BCUT2D eigenvalue weighted by Crippen LogP contribution is -2.18. The number of ketones is 1. The Labute approximate surface area is 169 Å². The Morgan fingerprint density at radius 1 is 1.29 bits per heavy atom. The van der Waals surface area contributed by atoms with E-state index < -0.39 is 5.97 Å². The van der Waals surface area contributed by atoms with Gasteiger partial charge >= 0.3 is 5.97 Å². The van der Waals surface area contributed by atoms with Crippen LogP contribution in [0.2, 0.25) is 5.02 Å². The molecule has 0 unspecified atom stereocenters. The van der Waals surface area contributed by atoms with Crippen LogP contribution >= 0.6 is 11.6 Å². The Kier molecular flexibility index (Phi) is 6.70. The number of Topliss-reactive ketones (excluding diaryl/α,β-unsaturated/α-hetero) is 1. The smallest absolute Gasteiger partial charge is 0.331 e. The van der Waals surface area contributed by atoms with Crippen molar-refractivity contribution in [1.29, 1.82) is 0 Å². The molecule has 0 amide bonds. The third kappa shape index (κ3) is 5.12. The Hall–Kier alpha value is -2.37. The number of rotatable bonds is 7. The predicted octanol–water partition coefficient (Wildman–Crippen LogP) is 4.38. The van der Waals surface area contributed by atoms with Gasteiger partial charge in [-0.1, -0.05) is 23.7 Å². The molecule has 148 valence electrons. The Morgan fingerprint density at radius 3 is 2.71 bits per heavy atom. The van der Waals surface area contributed by atoms with E-state index >= 15 is 0 Å². The van der Waals surface area contributed by atoms with Gasteiger partial charge in [-0.2, -0.15) is 0 Å². The molecule has 1 aliphatic rings. The number of benzene rings is 1. The van der Waals surface area contributed by atoms with Gasteiger partial charge in [0.15, 0.2) is 6.61 Å². The van der Waals surface area contributed by atoms with Crippen LogP contribution in [0.5, 0.6) is 0 Å². The number of hydrogen-bond donors (Lipinski definition) is 0. The van der Waals surface area contributed by atoms with E-state index in [1.165, 1.54) is 6.08 Å². The van der Waals surface area contributed by atoms with Gasteiger partial charge in [0.2, 0.25) is 5.78 Å². The molecule has 1 saturated heterocycles. The summed E-state index contributed by atoms with van der Waals surface area (Å²) >= 11 is 5.83. The van der Waals surface area contributed by atoms with Crippen molar-refractivity contribution in [3.8, 4) is 0 Å². The maximum absolute atomic E-state index is 12.5. The van der Waals surface area contributed by atoms with Crippen molar-refractivity contribution in [2.75, 3.05) is 13.2 Å². The molecular formula is C22H24ClNO4. The zero-order valence-electron chi connectivity index (χ0n) is 16.1. The van der Waals surface area contributed by atoms with Crippen LogP contribution in [-0.2, 0) is 20.8 Å². The van der Waals surface area contributed by atoms with E-state index in [0.29, 0.717) is 10.6 Å². The summed E-state index contributed by atoms with van der Waals surface area (Å²) in [6.45, 7) is 5.15. The quantitative estimate of drug-likeness (QED) is 0.392. The van der Waals surface area contributed by atoms with Gasteiger partial charge in [-0.3, -0.25) is 4.79 Å². The van der Waals surface area contributed by atoms with Crippen LogP contribution < -0.4 is 0 Å². The minimum absolute atomic E-state index is 0.198. The highest BCUT2D eigenvalue weighted by Gasteiger charge is 2.21. The first-order chi connectivity index (χ1) is 13.4. The number of aromatic nitrogens is 1. The van der Waals surface area contributed by atoms with E-state index in [1.807, 2.05) is 19.9 Å². The van der Waals surface area contributed by atoms with Crippen LogP contribution in [0, 0.1) is 13.8 Å². The fourth-order valence-electron chi connectivity index (χ4n) is 3.36. The molecule has 0 radical (unpaired) electrons. The molecule has 0 saturated carbocycles. The molecule has 1 fully saturated rings. The first-order valence-corrected chi connectivity index (χ1v) is 9.74. The van der Waals surface area contributed by atoms with Crippen LogP contribution in [0.25, 0.3) is 6.08 Å². The van der Waals surface area contributed by atoms with Crippen molar-refractivity contribution in [3.63, 3.8) is 0 Å². The topological polar surface area (TPSA) is 57.5 Å². The van der Waals surface area contributed by atoms with Gasteiger partial charge in [0.05, 0.1) is 6.10 Å². The maximum Gasteiger partial charge on any atom is 0.331 e. The summed E-state index contributed by atoms with van der Waals surface area (Å²) in [5.74, 6) is -0.767. The van der Waals surface area contributed by atoms with Gasteiger partial charge in [-0.15, -0.1) is 0 Å². The highest BCUT2D eigenvalue weighted by molar-refractivity contribution is 6.30. The molecule has 0 aliphatic carbocycles. The number of ether oxygens (including phenoxy) is 2. The monoisotopic (exact) mass is 401 g/mol. The molecule has 5 nitrogen and oxygen atoms in total. The molecular weight excluding hydrogens is 378 g/mol. The average Bonchev–Trinajstić information content (AvgIpc) is 3.29. The SMILES string of the molecule is Cc1cc(C(=O)COC(=O)/C=C/c2ccc(Cl)cc2)c(C)n1C[C@@H]1CCCO1. The lowest BCUT2D eigenvalue weighted by molar-refractivity contribution is -0.136. The summed E-state index contributed by atoms with van der Waals surface area (Å²) in [6, 6.07) is 8.91. The van der Waals surface area contributed by atoms with Crippen molar-refractivity contribution in [2.45, 2.75) is 39.3 Å². The summed E-state index contributed by atoms with van der Waals surface area (Å²) in [7, 11) is 0. The van der Waals surface area contributed by atoms with E-state index in [-0.39, 0.29) is 18.5 Å². The Bertz CT molecular complexity index is 877. The summed E-state index contributed by atoms with van der Waals surface area (Å²) in [4.78, 5) is 24.4. The largest absolute Gasteiger partial charge is 0.454 e. The number of carbonyl (C=O) groups is 2. The first kappa shape index (κ1) is 20.4. The fourth-order valence-corrected chi connectivity index (χ4v) is 3.48. The maximum atomic E-state index is 12.5. The van der Waals surface area contributed by atoms with E-state index in [1.54, 1.807) is 30.3 Å². The number of halogens is 1. The van der Waals surface area contributed by atoms with Crippen molar-refractivity contribution in [1.82, 2.24) is 4.57 Å². The third-order valence-electron chi connectivity index (χ3n) is 4.91. The number of nitrogens with zero attached hydrogens (tertiary/aromatic N) is 1. The third-order valence-corrected chi connectivity index (χ3v) is 5.16. The minimum atomic E-state index is -0.559. The lowest BCUT2D eigenvalue weighted by atomic mass is 10.1. The molecule has 0 N–H and O–H groups in total. The molecule has 28 heavy (non-hydrogen) atoms. The number of aryl methyl sites for hydroxylation is 1. The van der Waals surface area contributed by atoms with Gasteiger partial charge in [0.1, 0.15) is 0 Å². The van der Waals surface area contributed by atoms with Crippen molar-refractivity contribution in [2.24, 2.45) is 0 Å². The van der Waals surface area contributed by atoms with Crippen LogP contribution in [-0.4, -0.2) is 35.6 Å². The van der Waals surface area contributed by atoms with Crippen LogP contribution in [0.3, 0.4) is 0 Å². The van der Waals surface area contributed by atoms with Crippen LogP contribution in [0.15, 0.2) is 36.4 Å². The molecule has 0 bridgehead atoms. The van der Waals surface area contributed by atoms with E-state index in [0.717, 1.165) is 42.9 Å². The minimum Gasteiger partial charge on any atom is -0.454 e. The second-order valence-electron chi connectivity index (χ2n) is 6.95. The molecule has 1 aliphatic heterocycles. The number of hydrogen-bond acceptors (Lipinski definition) is 4. The summed E-state index contributed by atoms with van der Waals surface area (Å²) < 4.78 is 12.9. The van der Waals surface area contributed by atoms with Gasteiger partial charge in [0, 0.05) is 41.2 Å². The second kappa shape index (κ2) is 9.22. The van der Waals surface area contributed by atoms with Crippen molar-refractivity contribution < 1.29 is 19.1 Å². The van der Waals surface area contributed by atoms with Crippen LogP contribution in [0.4, 0.5) is 0 Å². The van der Waals surface area contributed by atoms with E-state index in [2.05, 4.69) is 4.57 Å². The molecule has 2 aromatic rings. The van der Waals surface area contributed by atoms with Gasteiger partial charge in [-0.05, 0) is 56.5 Å². The summed E-state index contributed by atoms with van der Waals surface area (Å²) in [5.41, 5.74) is 3.30. The second-order valence-corrected chi connectivity index (χ2v) is 7.38. The zero-order valence-corrected chi connectivity index (χ0v) is 16.9. The molecule has 6 heteroatoms. The Balaban J connectivity index is 1.57.